The van der Waals surface area contributed by atoms with Gasteiger partial charge in [-0.2, -0.15) is 4.98 Å². The molecule has 0 bridgehead atoms. The fourth-order valence-electron chi connectivity index (χ4n) is 1.24. The third-order valence-corrected chi connectivity index (χ3v) is 2.11. The van der Waals surface area contributed by atoms with Crippen LogP contribution >= 0.6 is 0 Å². The number of hydrogen-bond acceptors (Lipinski definition) is 6. The number of nitrogens with one attached hydrogen (secondary N) is 1. The van der Waals surface area contributed by atoms with Gasteiger partial charge in [0.25, 0.3) is 0 Å². The molecule has 2 aromatic rings. The average molecular weight is 219 g/mol. The molecule has 0 saturated carbocycles. The summed E-state index contributed by atoms with van der Waals surface area (Å²) in [5.74, 6) is 1.70. The first kappa shape index (κ1) is 10.6. The van der Waals surface area contributed by atoms with Crippen molar-refractivity contribution in [2.75, 3.05) is 12.4 Å². The third kappa shape index (κ3) is 2.01. The van der Waals surface area contributed by atoms with E-state index in [1.54, 1.807) is 20.2 Å². The van der Waals surface area contributed by atoms with E-state index in [0.29, 0.717) is 11.7 Å². The SMILES string of the molecule is CNc1cc(-c2noc([C@H](C)N)n2)ccn1. The van der Waals surface area contributed by atoms with Gasteiger partial charge in [-0.3, -0.25) is 0 Å². The molecule has 1 atom stereocenters. The Balaban J connectivity index is 2.34. The van der Waals surface area contributed by atoms with Crippen LogP contribution in [-0.2, 0) is 0 Å². The first-order valence-electron chi connectivity index (χ1n) is 4.94. The van der Waals surface area contributed by atoms with Crippen LogP contribution in [0.5, 0.6) is 0 Å². The maximum absolute atomic E-state index is 5.64. The van der Waals surface area contributed by atoms with E-state index in [1.807, 2.05) is 12.1 Å². The van der Waals surface area contributed by atoms with Crippen LogP contribution in [0.1, 0.15) is 18.9 Å². The lowest BCUT2D eigenvalue weighted by Crippen LogP contribution is -2.04. The van der Waals surface area contributed by atoms with Crippen LogP contribution < -0.4 is 11.1 Å². The molecule has 0 radical (unpaired) electrons. The number of rotatable bonds is 3. The lowest BCUT2D eigenvalue weighted by molar-refractivity contribution is 0.362. The van der Waals surface area contributed by atoms with Crippen LogP contribution in [0.4, 0.5) is 5.82 Å². The lowest BCUT2D eigenvalue weighted by Gasteiger charge is -1.99. The fourth-order valence-corrected chi connectivity index (χ4v) is 1.24. The largest absolute Gasteiger partial charge is 0.373 e. The second-order valence-corrected chi connectivity index (χ2v) is 3.42. The number of hydrogen-bond donors (Lipinski definition) is 2. The molecule has 16 heavy (non-hydrogen) atoms. The molecule has 0 aliphatic rings. The van der Waals surface area contributed by atoms with Crippen LogP contribution in [0.25, 0.3) is 11.4 Å². The van der Waals surface area contributed by atoms with Crippen molar-refractivity contribution in [1.29, 1.82) is 0 Å². The number of nitrogens with two attached hydrogens (primary N) is 1. The van der Waals surface area contributed by atoms with E-state index in [-0.39, 0.29) is 6.04 Å². The summed E-state index contributed by atoms with van der Waals surface area (Å²) in [5, 5.41) is 6.81. The molecule has 0 amide bonds. The zero-order chi connectivity index (χ0) is 11.5. The Hall–Kier alpha value is -1.95. The lowest BCUT2D eigenvalue weighted by atomic mass is 10.2. The molecule has 2 rings (SSSR count). The Morgan fingerprint density at radius 1 is 1.50 bits per heavy atom. The quantitative estimate of drug-likeness (QED) is 0.806. The van der Waals surface area contributed by atoms with Crippen molar-refractivity contribution in [2.24, 2.45) is 5.73 Å². The Morgan fingerprint density at radius 3 is 2.94 bits per heavy atom. The molecule has 6 nitrogen and oxygen atoms in total. The van der Waals surface area contributed by atoms with E-state index < -0.39 is 0 Å². The average Bonchev–Trinajstić information content (AvgIpc) is 2.78. The van der Waals surface area contributed by atoms with Crippen LogP contribution in [0.2, 0.25) is 0 Å². The van der Waals surface area contributed by atoms with E-state index >= 15 is 0 Å². The first-order valence-corrected chi connectivity index (χ1v) is 4.94. The summed E-state index contributed by atoms with van der Waals surface area (Å²) in [6.07, 6.45) is 1.68. The third-order valence-electron chi connectivity index (χ3n) is 2.11. The molecule has 2 heterocycles. The van der Waals surface area contributed by atoms with Gasteiger partial charge in [-0.1, -0.05) is 5.16 Å². The Kier molecular flexibility index (Phi) is 2.82. The fraction of sp³-hybridized carbons (Fsp3) is 0.300. The second kappa shape index (κ2) is 4.28. The normalized spacial score (nSPS) is 12.4. The smallest absolute Gasteiger partial charge is 0.243 e. The van der Waals surface area contributed by atoms with Gasteiger partial charge in [-0.25, -0.2) is 4.98 Å². The zero-order valence-electron chi connectivity index (χ0n) is 9.14. The molecule has 0 unspecified atom stereocenters. The molecule has 0 aliphatic carbocycles. The minimum absolute atomic E-state index is 0.258. The number of nitrogens with zero attached hydrogens (tertiary/aromatic N) is 3. The molecule has 84 valence electrons. The monoisotopic (exact) mass is 219 g/mol. The van der Waals surface area contributed by atoms with Crippen molar-refractivity contribution < 1.29 is 4.52 Å². The van der Waals surface area contributed by atoms with Gasteiger partial charge in [0.05, 0.1) is 6.04 Å². The van der Waals surface area contributed by atoms with Crippen molar-refractivity contribution in [3.05, 3.63) is 24.2 Å². The van der Waals surface area contributed by atoms with Crippen LogP contribution in [0.15, 0.2) is 22.9 Å². The molecular weight excluding hydrogens is 206 g/mol. The Labute approximate surface area is 92.9 Å². The molecule has 0 fully saturated rings. The van der Waals surface area contributed by atoms with Gasteiger partial charge in [-0.15, -0.1) is 0 Å². The van der Waals surface area contributed by atoms with Crippen molar-refractivity contribution in [1.82, 2.24) is 15.1 Å². The Morgan fingerprint density at radius 2 is 2.31 bits per heavy atom. The van der Waals surface area contributed by atoms with Gasteiger partial charge < -0.3 is 15.6 Å². The van der Waals surface area contributed by atoms with Gasteiger partial charge >= 0.3 is 0 Å². The maximum Gasteiger partial charge on any atom is 0.243 e. The van der Waals surface area contributed by atoms with Crippen molar-refractivity contribution in [3.63, 3.8) is 0 Å². The molecule has 6 heteroatoms. The highest BCUT2D eigenvalue weighted by Gasteiger charge is 2.11. The van der Waals surface area contributed by atoms with Crippen LogP contribution in [-0.4, -0.2) is 22.2 Å². The summed E-state index contributed by atoms with van der Waals surface area (Å²) in [7, 11) is 1.80. The molecule has 2 aromatic heterocycles. The highest BCUT2D eigenvalue weighted by atomic mass is 16.5. The zero-order valence-corrected chi connectivity index (χ0v) is 9.14. The van der Waals surface area contributed by atoms with E-state index in [9.17, 15) is 0 Å². The molecular formula is C10H13N5O. The summed E-state index contributed by atoms with van der Waals surface area (Å²) >= 11 is 0. The maximum atomic E-state index is 5.64. The highest BCUT2D eigenvalue weighted by molar-refractivity contribution is 5.58. The van der Waals surface area contributed by atoms with Crippen molar-refractivity contribution in [3.8, 4) is 11.4 Å². The van der Waals surface area contributed by atoms with Gasteiger partial charge in [0.2, 0.25) is 11.7 Å². The predicted molar refractivity (Wildman–Crippen MR) is 59.7 cm³/mol. The van der Waals surface area contributed by atoms with Crippen LogP contribution in [0, 0.1) is 0 Å². The highest BCUT2D eigenvalue weighted by Crippen LogP contribution is 2.19. The number of pyridine rings is 1. The van der Waals surface area contributed by atoms with E-state index in [2.05, 4.69) is 20.4 Å². The summed E-state index contributed by atoms with van der Waals surface area (Å²) in [6, 6.07) is 3.40. The predicted octanol–water partition coefficient (Wildman–Crippen LogP) is 1.19. The van der Waals surface area contributed by atoms with E-state index in [1.165, 1.54) is 0 Å². The van der Waals surface area contributed by atoms with Gasteiger partial charge in [0, 0.05) is 18.8 Å². The summed E-state index contributed by atoms with van der Waals surface area (Å²) in [6.45, 7) is 1.79. The van der Waals surface area contributed by atoms with Gasteiger partial charge in [0.1, 0.15) is 5.82 Å². The van der Waals surface area contributed by atoms with Crippen molar-refractivity contribution in [2.45, 2.75) is 13.0 Å². The number of anilines is 1. The summed E-state index contributed by atoms with van der Waals surface area (Å²) in [5.41, 5.74) is 6.48. The minimum atomic E-state index is -0.258. The standard InChI is InChI=1S/C10H13N5O/c1-6(11)10-14-9(15-16-10)7-3-4-13-8(5-7)12-2/h3-6H,11H2,1-2H3,(H,12,13)/t6-/m0/s1. The topological polar surface area (TPSA) is 89.9 Å². The Bertz CT molecular complexity index is 480. The van der Waals surface area contributed by atoms with Crippen LogP contribution in [0.3, 0.4) is 0 Å². The van der Waals surface area contributed by atoms with E-state index in [4.69, 9.17) is 10.3 Å². The van der Waals surface area contributed by atoms with Gasteiger partial charge in [0.15, 0.2) is 0 Å². The molecule has 0 spiro atoms. The molecule has 0 aliphatic heterocycles. The van der Waals surface area contributed by atoms with Crippen molar-refractivity contribution >= 4 is 5.82 Å². The first-order chi connectivity index (χ1) is 7.70. The molecule has 3 N–H and O–H groups in total. The van der Waals surface area contributed by atoms with E-state index in [0.717, 1.165) is 11.4 Å². The summed E-state index contributed by atoms with van der Waals surface area (Å²) in [4.78, 5) is 8.30. The minimum Gasteiger partial charge on any atom is -0.373 e. The molecule has 0 saturated heterocycles. The second-order valence-electron chi connectivity index (χ2n) is 3.42. The van der Waals surface area contributed by atoms with Gasteiger partial charge in [-0.05, 0) is 19.1 Å². The number of aromatic nitrogens is 3. The molecule has 0 aromatic carbocycles. The summed E-state index contributed by atoms with van der Waals surface area (Å²) < 4.78 is 5.03.